The molecular weight excluding hydrogens is 261 g/mol. The van der Waals surface area contributed by atoms with E-state index < -0.39 is 17.1 Å². The molecule has 0 bridgehead atoms. The zero-order valence-electron chi connectivity index (χ0n) is 11.3. The molecule has 1 amide bonds. The normalized spacial score (nSPS) is 18.0. The lowest BCUT2D eigenvalue weighted by Gasteiger charge is -2.26. The van der Waals surface area contributed by atoms with Gasteiger partial charge in [-0.1, -0.05) is 30.1 Å². The van der Waals surface area contributed by atoms with Crippen LogP contribution in [0.4, 0.5) is 10.1 Å². The van der Waals surface area contributed by atoms with E-state index >= 15 is 0 Å². The highest BCUT2D eigenvalue weighted by Crippen LogP contribution is 2.39. The SMILES string of the molecule is Cc1cccc(F)c1NC(=O)C1(/C(N)=N/O)CCCC1. The minimum Gasteiger partial charge on any atom is -0.409 e. The minimum atomic E-state index is -1.04. The summed E-state index contributed by atoms with van der Waals surface area (Å²) in [6.07, 6.45) is 2.64. The van der Waals surface area contributed by atoms with E-state index in [-0.39, 0.29) is 11.5 Å². The fourth-order valence-corrected chi connectivity index (χ4v) is 2.70. The number of nitrogens with zero attached hydrogens (tertiary/aromatic N) is 1. The van der Waals surface area contributed by atoms with E-state index in [9.17, 15) is 9.18 Å². The van der Waals surface area contributed by atoms with Crippen LogP contribution in [-0.4, -0.2) is 17.0 Å². The van der Waals surface area contributed by atoms with E-state index in [1.165, 1.54) is 6.07 Å². The van der Waals surface area contributed by atoms with Crippen molar-refractivity contribution in [3.8, 4) is 0 Å². The fraction of sp³-hybridized carbons (Fsp3) is 0.429. The van der Waals surface area contributed by atoms with E-state index in [0.717, 1.165) is 12.8 Å². The second-order valence-electron chi connectivity index (χ2n) is 5.16. The topological polar surface area (TPSA) is 87.7 Å². The van der Waals surface area contributed by atoms with E-state index in [2.05, 4.69) is 10.5 Å². The summed E-state index contributed by atoms with van der Waals surface area (Å²) >= 11 is 0. The van der Waals surface area contributed by atoms with Crippen molar-refractivity contribution in [2.24, 2.45) is 16.3 Å². The molecule has 0 aromatic heterocycles. The number of aryl methyl sites for hydroxylation is 1. The van der Waals surface area contributed by atoms with Gasteiger partial charge in [-0.05, 0) is 31.4 Å². The van der Waals surface area contributed by atoms with E-state index in [1.807, 2.05) is 0 Å². The monoisotopic (exact) mass is 279 g/mol. The molecule has 1 aromatic rings. The predicted molar refractivity (Wildman–Crippen MR) is 74.1 cm³/mol. The molecule has 1 aromatic carbocycles. The Hall–Kier alpha value is -2.11. The van der Waals surface area contributed by atoms with Crippen LogP contribution in [0.5, 0.6) is 0 Å². The average molecular weight is 279 g/mol. The Morgan fingerprint density at radius 2 is 2.10 bits per heavy atom. The van der Waals surface area contributed by atoms with Gasteiger partial charge in [0.1, 0.15) is 11.2 Å². The van der Waals surface area contributed by atoms with Crippen molar-refractivity contribution in [1.29, 1.82) is 0 Å². The predicted octanol–water partition coefficient (Wildman–Crippen LogP) is 2.38. The highest BCUT2D eigenvalue weighted by Gasteiger charge is 2.45. The summed E-state index contributed by atoms with van der Waals surface area (Å²) in [5, 5.41) is 14.5. The van der Waals surface area contributed by atoms with Crippen molar-refractivity contribution in [2.45, 2.75) is 32.6 Å². The molecule has 0 atom stereocenters. The lowest BCUT2D eigenvalue weighted by molar-refractivity contribution is -0.122. The molecule has 0 saturated heterocycles. The molecule has 0 aliphatic heterocycles. The minimum absolute atomic E-state index is 0.110. The van der Waals surface area contributed by atoms with Crippen molar-refractivity contribution >= 4 is 17.4 Å². The van der Waals surface area contributed by atoms with E-state index in [0.29, 0.717) is 18.4 Å². The first kappa shape index (κ1) is 14.3. The van der Waals surface area contributed by atoms with Gasteiger partial charge in [-0.25, -0.2) is 4.39 Å². The van der Waals surface area contributed by atoms with Gasteiger partial charge in [0.15, 0.2) is 5.84 Å². The summed E-state index contributed by atoms with van der Waals surface area (Å²) in [5.41, 5.74) is 5.43. The van der Waals surface area contributed by atoms with Crippen LogP contribution >= 0.6 is 0 Å². The second-order valence-corrected chi connectivity index (χ2v) is 5.16. The van der Waals surface area contributed by atoms with Gasteiger partial charge < -0.3 is 16.3 Å². The van der Waals surface area contributed by atoms with E-state index in [4.69, 9.17) is 10.9 Å². The van der Waals surface area contributed by atoms with Gasteiger partial charge in [0.2, 0.25) is 5.91 Å². The van der Waals surface area contributed by atoms with Crippen molar-refractivity contribution in [2.75, 3.05) is 5.32 Å². The lowest BCUT2D eigenvalue weighted by Crippen LogP contribution is -2.45. The molecule has 1 fully saturated rings. The first-order chi connectivity index (χ1) is 9.51. The molecule has 108 valence electrons. The summed E-state index contributed by atoms with van der Waals surface area (Å²) in [7, 11) is 0. The molecule has 1 saturated carbocycles. The highest BCUT2D eigenvalue weighted by atomic mass is 19.1. The van der Waals surface area contributed by atoms with Crippen LogP contribution in [-0.2, 0) is 4.79 Å². The van der Waals surface area contributed by atoms with Crippen LogP contribution in [0.15, 0.2) is 23.4 Å². The summed E-state index contributed by atoms with van der Waals surface area (Å²) in [6.45, 7) is 1.71. The number of hydrogen-bond donors (Lipinski definition) is 3. The molecule has 1 aliphatic rings. The zero-order chi connectivity index (χ0) is 14.8. The molecule has 4 N–H and O–H groups in total. The number of carbonyl (C=O) groups is 1. The Bertz CT molecular complexity index is 531. The van der Waals surface area contributed by atoms with Gasteiger partial charge >= 0.3 is 0 Å². The molecule has 6 heteroatoms. The van der Waals surface area contributed by atoms with Crippen molar-refractivity contribution < 1.29 is 14.4 Å². The maximum Gasteiger partial charge on any atom is 0.238 e. The number of hydrogen-bond acceptors (Lipinski definition) is 3. The van der Waals surface area contributed by atoms with E-state index in [1.54, 1.807) is 19.1 Å². The van der Waals surface area contributed by atoms with Crippen LogP contribution in [0.3, 0.4) is 0 Å². The quantitative estimate of drug-likeness (QED) is 0.343. The number of benzene rings is 1. The number of anilines is 1. The molecular formula is C14H18FN3O2. The Morgan fingerprint density at radius 3 is 2.65 bits per heavy atom. The molecule has 0 heterocycles. The van der Waals surface area contributed by atoms with Crippen molar-refractivity contribution in [1.82, 2.24) is 0 Å². The van der Waals surface area contributed by atoms with Crippen molar-refractivity contribution in [3.63, 3.8) is 0 Å². The number of amidine groups is 1. The molecule has 1 aliphatic carbocycles. The van der Waals surface area contributed by atoms with Gasteiger partial charge in [-0.2, -0.15) is 0 Å². The lowest BCUT2D eigenvalue weighted by atomic mass is 9.83. The van der Waals surface area contributed by atoms with Gasteiger partial charge in [0.25, 0.3) is 0 Å². The van der Waals surface area contributed by atoms with Gasteiger partial charge in [-0.3, -0.25) is 4.79 Å². The largest absolute Gasteiger partial charge is 0.409 e. The Kier molecular flexibility index (Phi) is 3.92. The molecule has 0 radical (unpaired) electrons. The molecule has 0 spiro atoms. The first-order valence-electron chi connectivity index (χ1n) is 6.56. The molecule has 0 unspecified atom stereocenters. The number of para-hydroxylation sites is 1. The number of nitrogens with two attached hydrogens (primary N) is 1. The number of oxime groups is 1. The summed E-state index contributed by atoms with van der Waals surface area (Å²) < 4.78 is 13.8. The molecule has 5 nitrogen and oxygen atoms in total. The smallest absolute Gasteiger partial charge is 0.238 e. The van der Waals surface area contributed by atoms with Gasteiger partial charge in [0.05, 0.1) is 5.69 Å². The second kappa shape index (κ2) is 5.48. The summed E-state index contributed by atoms with van der Waals surface area (Å²) in [5.74, 6) is -1.02. The third-order valence-corrected chi connectivity index (χ3v) is 3.95. The maximum atomic E-state index is 13.8. The van der Waals surface area contributed by atoms with Crippen molar-refractivity contribution in [3.05, 3.63) is 29.6 Å². The fourth-order valence-electron chi connectivity index (χ4n) is 2.70. The van der Waals surface area contributed by atoms with Gasteiger partial charge in [0, 0.05) is 0 Å². The molecule has 20 heavy (non-hydrogen) atoms. The number of nitrogens with one attached hydrogen (secondary N) is 1. The summed E-state index contributed by atoms with van der Waals surface area (Å²) in [6, 6.07) is 4.58. The van der Waals surface area contributed by atoms with Gasteiger partial charge in [-0.15, -0.1) is 0 Å². The third-order valence-electron chi connectivity index (χ3n) is 3.95. The Labute approximate surface area is 116 Å². The highest BCUT2D eigenvalue weighted by molar-refractivity contribution is 6.12. The Morgan fingerprint density at radius 1 is 1.45 bits per heavy atom. The number of amides is 1. The third kappa shape index (κ3) is 2.33. The zero-order valence-corrected chi connectivity index (χ0v) is 11.3. The van der Waals surface area contributed by atoms with Crippen LogP contribution in [0.1, 0.15) is 31.2 Å². The average Bonchev–Trinajstić information content (AvgIpc) is 2.92. The summed E-state index contributed by atoms with van der Waals surface area (Å²) in [4.78, 5) is 12.5. The van der Waals surface area contributed by atoms with Crippen LogP contribution in [0.2, 0.25) is 0 Å². The number of rotatable bonds is 3. The Balaban J connectivity index is 2.31. The van der Waals surface area contributed by atoms with Crippen LogP contribution in [0, 0.1) is 18.2 Å². The first-order valence-corrected chi connectivity index (χ1v) is 6.56. The maximum absolute atomic E-state index is 13.8. The number of halogens is 1. The van der Waals surface area contributed by atoms with Crippen LogP contribution < -0.4 is 11.1 Å². The number of carbonyl (C=O) groups excluding carboxylic acids is 1. The standard InChI is InChI=1S/C14H18FN3O2/c1-9-5-4-6-10(15)11(9)17-13(19)14(12(16)18-20)7-2-3-8-14/h4-6,20H,2-3,7-8H2,1H3,(H2,16,18)(H,17,19). The molecule has 2 rings (SSSR count). The van der Waals surface area contributed by atoms with Crippen LogP contribution in [0.25, 0.3) is 0 Å².